The van der Waals surface area contributed by atoms with Gasteiger partial charge in [0.15, 0.2) is 10.9 Å². The Hall–Kier alpha value is -3.54. The van der Waals surface area contributed by atoms with Crippen LogP contribution in [0.4, 0.5) is 11.8 Å². The van der Waals surface area contributed by atoms with Crippen LogP contribution in [0, 0.1) is 0 Å². The number of benzene rings is 2. The number of fused-ring (bicyclic) bond motifs is 2. The van der Waals surface area contributed by atoms with Crippen molar-refractivity contribution in [3.05, 3.63) is 80.1 Å². The Morgan fingerprint density at radius 1 is 0.690 bits per heavy atom. The van der Waals surface area contributed by atoms with E-state index in [0.29, 0.717) is 57.9 Å². The first-order valence-electron chi connectivity index (χ1n) is 9.71. The molecular formula is C23H22N2O4. The third-order valence-electron chi connectivity index (χ3n) is 4.81. The fourth-order valence-electron chi connectivity index (χ4n) is 3.47. The van der Waals surface area contributed by atoms with Gasteiger partial charge in [-0.2, -0.15) is 0 Å². The summed E-state index contributed by atoms with van der Waals surface area (Å²) in [6, 6.07) is 14.2. The van der Waals surface area contributed by atoms with Gasteiger partial charge in [-0.3, -0.25) is 9.59 Å². The molecule has 0 saturated heterocycles. The first-order valence-corrected chi connectivity index (χ1v) is 9.71. The van der Waals surface area contributed by atoms with E-state index >= 15 is 0 Å². The standard InChI is InChI=1S/C23H22N2O4/c1-3-24-22-16(20(26)14-9-5-7-11-18(14)28-22)13-17-21(27)15-10-6-8-12-19(15)29-23(17)25-4-2/h5-12,24-25H,3-4,13H2,1-2H3. The maximum Gasteiger partial charge on any atom is 0.200 e. The lowest BCUT2D eigenvalue weighted by atomic mass is 10.0. The molecule has 0 aliphatic rings. The molecule has 148 valence electrons. The molecule has 6 heteroatoms. The highest BCUT2D eigenvalue weighted by atomic mass is 16.4. The van der Waals surface area contributed by atoms with E-state index in [9.17, 15) is 9.59 Å². The first kappa shape index (κ1) is 18.8. The zero-order chi connectivity index (χ0) is 20.4. The van der Waals surface area contributed by atoms with Crippen LogP contribution in [0.5, 0.6) is 0 Å². The summed E-state index contributed by atoms with van der Waals surface area (Å²) in [7, 11) is 0. The highest BCUT2D eigenvalue weighted by Gasteiger charge is 2.20. The largest absolute Gasteiger partial charge is 0.440 e. The average molecular weight is 390 g/mol. The molecule has 2 aromatic carbocycles. The summed E-state index contributed by atoms with van der Waals surface area (Å²) in [6.45, 7) is 5.02. The molecule has 0 aliphatic carbocycles. The molecule has 0 bridgehead atoms. The van der Waals surface area contributed by atoms with Crippen LogP contribution >= 0.6 is 0 Å². The third-order valence-corrected chi connectivity index (χ3v) is 4.81. The van der Waals surface area contributed by atoms with E-state index in [0.717, 1.165) is 0 Å². The summed E-state index contributed by atoms with van der Waals surface area (Å²) in [6.07, 6.45) is 0.102. The first-order chi connectivity index (χ1) is 14.1. The van der Waals surface area contributed by atoms with Gasteiger partial charge in [0.2, 0.25) is 11.8 Å². The molecule has 29 heavy (non-hydrogen) atoms. The molecule has 0 saturated carbocycles. The van der Waals surface area contributed by atoms with Gasteiger partial charge >= 0.3 is 0 Å². The van der Waals surface area contributed by atoms with Crippen LogP contribution in [-0.4, -0.2) is 13.1 Å². The van der Waals surface area contributed by atoms with E-state index in [2.05, 4.69) is 10.6 Å². The molecule has 0 unspecified atom stereocenters. The van der Waals surface area contributed by atoms with E-state index < -0.39 is 0 Å². The average Bonchev–Trinajstić information content (AvgIpc) is 2.73. The highest BCUT2D eigenvalue weighted by Crippen LogP contribution is 2.26. The maximum atomic E-state index is 13.2. The number of para-hydroxylation sites is 2. The topological polar surface area (TPSA) is 84.5 Å². The fourth-order valence-corrected chi connectivity index (χ4v) is 3.47. The fraction of sp³-hybridized carbons (Fsp3) is 0.217. The van der Waals surface area contributed by atoms with Crippen LogP contribution < -0.4 is 21.5 Å². The Balaban J connectivity index is 1.96. The normalized spacial score (nSPS) is 11.1. The molecule has 6 nitrogen and oxygen atoms in total. The van der Waals surface area contributed by atoms with Crippen molar-refractivity contribution >= 4 is 33.7 Å². The predicted molar refractivity (Wildman–Crippen MR) is 116 cm³/mol. The van der Waals surface area contributed by atoms with Gasteiger partial charge in [-0.25, -0.2) is 0 Å². The van der Waals surface area contributed by atoms with Crippen LogP contribution in [0.3, 0.4) is 0 Å². The van der Waals surface area contributed by atoms with Gasteiger partial charge in [-0.15, -0.1) is 0 Å². The van der Waals surface area contributed by atoms with Crippen molar-refractivity contribution in [3.63, 3.8) is 0 Å². The molecule has 0 aliphatic heterocycles. The lowest BCUT2D eigenvalue weighted by molar-refractivity contribution is 0.601. The van der Waals surface area contributed by atoms with E-state index in [1.807, 2.05) is 26.0 Å². The van der Waals surface area contributed by atoms with Crippen molar-refractivity contribution in [2.75, 3.05) is 23.7 Å². The second-order valence-corrected chi connectivity index (χ2v) is 6.71. The SMILES string of the molecule is CCNc1oc2ccccc2c(=O)c1Cc1c(NCC)oc2ccccc2c1=O. The van der Waals surface area contributed by atoms with E-state index in [1.165, 1.54) is 0 Å². The second-order valence-electron chi connectivity index (χ2n) is 6.71. The zero-order valence-corrected chi connectivity index (χ0v) is 16.4. The van der Waals surface area contributed by atoms with Gasteiger partial charge in [-0.1, -0.05) is 24.3 Å². The van der Waals surface area contributed by atoms with Crippen LogP contribution in [0.2, 0.25) is 0 Å². The van der Waals surface area contributed by atoms with Crippen LogP contribution in [0.15, 0.2) is 67.0 Å². The van der Waals surface area contributed by atoms with E-state index in [-0.39, 0.29) is 17.3 Å². The van der Waals surface area contributed by atoms with Crippen LogP contribution in [0.25, 0.3) is 21.9 Å². The molecule has 0 radical (unpaired) electrons. The highest BCUT2D eigenvalue weighted by molar-refractivity contribution is 5.81. The minimum absolute atomic E-state index is 0.102. The molecule has 0 spiro atoms. The van der Waals surface area contributed by atoms with Crippen LogP contribution in [0.1, 0.15) is 25.0 Å². The Kier molecular flexibility index (Phi) is 5.08. The molecule has 0 amide bonds. The van der Waals surface area contributed by atoms with Crippen molar-refractivity contribution in [3.8, 4) is 0 Å². The summed E-state index contributed by atoms with van der Waals surface area (Å²) in [5, 5.41) is 7.21. The molecule has 4 rings (SSSR count). The van der Waals surface area contributed by atoms with Crippen LogP contribution in [-0.2, 0) is 6.42 Å². The molecule has 2 N–H and O–H groups in total. The number of rotatable bonds is 6. The van der Waals surface area contributed by atoms with Gasteiger partial charge < -0.3 is 19.5 Å². The van der Waals surface area contributed by atoms with Gasteiger partial charge in [0.25, 0.3) is 0 Å². The number of anilines is 2. The third kappa shape index (κ3) is 3.38. The Labute approximate surface area is 167 Å². The Bertz CT molecular complexity index is 1200. The summed E-state index contributed by atoms with van der Waals surface area (Å²) in [4.78, 5) is 26.4. The minimum Gasteiger partial charge on any atom is -0.440 e. The van der Waals surface area contributed by atoms with Gasteiger partial charge in [0.05, 0.1) is 21.9 Å². The summed E-state index contributed by atoms with van der Waals surface area (Å²) in [5.41, 5.74) is 1.53. The summed E-state index contributed by atoms with van der Waals surface area (Å²) < 4.78 is 11.9. The minimum atomic E-state index is -0.155. The van der Waals surface area contributed by atoms with Crippen molar-refractivity contribution in [1.82, 2.24) is 0 Å². The Morgan fingerprint density at radius 2 is 1.10 bits per heavy atom. The molecule has 2 aromatic heterocycles. The second kappa shape index (κ2) is 7.83. The van der Waals surface area contributed by atoms with E-state index in [4.69, 9.17) is 8.83 Å². The van der Waals surface area contributed by atoms with Crippen molar-refractivity contribution in [2.24, 2.45) is 0 Å². The van der Waals surface area contributed by atoms with Crippen molar-refractivity contribution in [2.45, 2.75) is 20.3 Å². The van der Waals surface area contributed by atoms with Gasteiger partial charge in [0, 0.05) is 19.5 Å². The molecular weight excluding hydrogens is 368 g/mol. The lowest BCUT2D eigenvalue weighted by Gasteiger charge is -2.13. The van der Waals surface area contributed by atoms with Gasteiger partial charge in [0.1, 0.15) is 11.2 Å². The maximum absolute atomic E-state index is 13.2. The number of nitrogens with one attached hydrogen (secondary N) is 2. The molecule has 0 atom stereocenters. The monoisotopic (exact) mass is 390 g/mol. The lowest BCUT2D eigenvalue weighted by Crippen LogP contribution is -2.20. The Morgan fingerprint density at radius 3 is 1.52 bits per heavy atom. The van der Waals surface area contributed by atoms with Crippen molar-refractivity contribution < 1.29 is 8.83 Å². The van der Waals surface area contributed by atoms with Gasteiger partial charge in [-0.05, 0) is 38.1 Å². The smallest absolute Gasteiger partial charge is 0.200 e. The van der Waals surface area contributed by atoms with E-state index in [1.54, 1.807) is 36.4 Å². The number of hydrogen-bond donors (Lipinski definition) is 2. The number of hydrogen-bond acceptors (Lipinski definition) is 6. The zero-order valence-electron chi connectivity index (χ0n) is 16.4. The summed E-state index contributed by atoms with van der Waals surface area (Å²) >= 11 is 0. The summed E-state index contributed by atoms with van der Waals surface area (Å²) in [5.74, 6) is 0.761. The van der Waals surface area contributed by atoms with Crippen molar-refractivity contribution in [1.29, 1.82) is 0 Å². The molecule has 4 aromatic rings. The molecule has 2 heterocycles. The molecule has 0 fully saturated rings. The quantitative estimate of drug-likeness (QED) is 0.509. The predicted octanol–water partition coefficient (Wildman–Crippen LogP) is 4.35.